The number of nitrogens with one attached hydrogen (secondary N) is 1. The molecule has 0 aromatic heterocycles. The molecule has 1 aliphatic carbocycles. The van der Waals surface area contributed by atoms with Crippen molar-refractivity contribution in [2.24, 2.45) is 5.92 Å². The van der Waals surface area contributed by atoms with Crippen LogP contribution in [-0.4, -0.2) is 18.4 Å². The Morgan fingerprint density at radius 1 is 1.33 bits per heavy atom. The summed E-state index contributed by atoms with van der Waals surface area (Å²) in [5, 5.41) is 2.66. The van der Waals surface area contributed by atoms with Crippen LogP contribution in [0.5, 0.6) is 0 Å². The molecular formula is C16H17FN2O2. The van der Waals surface area contributed by atoms with Gasteiger partial charge < -0.3 is 10.2 Å². The van der Waals surface area contributed by atoms with Crippen molar-refractivity contribution < 1.29 is 14.0 Å². The fourth-order valence-electron chi connectivity index (χ4n) is 2.86. The summed E-state index contributed by atoms with van der Waals surface area (Å²) in [6, 6.07) is 4.14. The molecule has 2 aliphatic rings. The number of rotatable bonds is 1. The van der Waals surface area contributed by atoms with Gasteiger partial charge >= 0.3 is 0 Å². The number of nitrogens with zero attached hydrogens (tertiary/aromatic N) is 1. The van der Waals surface area contributed by atoms with Crippen LogP contribution in [0.2, 0.25) is 0 Å². The summed E-state index contributed by atoms with van der Waals surface area (Å²) >= 11 is 0. The average Bonchev–Trinajstić information content (AvgIpc) is 2.65. The Bertz CT molecular complexity index is 612. The third kappa shape index (κ3) is 2.82. The van der Waals surface area contributed by atoms with Gasteiger partial charge in [-0.1, -0.05) is 12.2 Å². The van der Waals surface area contributed by atoms with Gasteiger partial charge in [0.2, 0.25) is 11.8 Å². The molecule has 1 unspecified atom stereocenters. The van der Waals surface area contributed by atoms with Crippen molar-refractivity contribution in [3.8, 4) is 0 Å². The molecule has 0 saturated carbocycles. The maximum atomic E-state index is 13.4. The van der Waals surface area contributed by atoms with Gasteiger partial charge in [0.15, 0.2) is 0 Å². The standard InChI is InChI=1S/C16H17FN2O2/c17-12-6-7-14-13(10-12)18-15(20)8-9-19(14)16(21)11-4-2-1-3-5-11/h1-2,6-7,10-11H,3-5,8-9H2,(H,18,20). The van der Waals surface area contributed by atoms with Crippen molar-refractivity contribution in [3.63, 3.8) is 0 Å². The van der Waals surface area contributed by atoms with Crippen LogP contribution >= 0.6 is 0 Å². The summed E-state index contributed by atoms with van der Waals surface area (Å²) in [5.41, 5.74) is 0.957. The minimum atomic E-state index is -0.427. The summed E-state index contributed by atoms with van der Waals surface area (Å²) in [4.78, 5) is 26.1. The highest BCUT2D eigenvalue weighted by molar-refractivity contribution is 6.04. The first-order valence-electron chi connectivity index (χ1n) is 7.21. The Kier molecular flexibility index (Phi) is 3.73. The number of carbonyl (C=O) groups excluding carboxylic acids is 2. The number of halogens is 1. The number of amides is 2. The van der Waals surface area contributed by atoms with Crippen LogP contribution in [0.4, 0.5) is 15.8 Å². The van der Waals surface area contributed by atoms with Crippen molar-refractivity contribution in [3.05, 3.63) is 36.2 Å². The predicted octanol–water partition coefficient (Wildman–Crippen LogP) is 2.86. The number of fused-ring (bicyclic) bond motifs is 1. The maximum absolute atomic E-state index is 13.4. The first kappa shape index (κ1) is 13.8. The SMILES string of the molecule is O=C1CCN(C(=O)C2CC=CCC2)c2ccc(F)cc2N1. The maximum Gasteiger partial charge on any atom is 0.230 e. The van der Waals surface area contributed by atoms with Crippen LogP contribution in [-0.2, 0) is 9.59 Å². The second-order valence-electron chi connectivity index (χ2n) is 5.43. The van der Waals surface area contributed by atoms with Crippen LogP contribution in [0, 0.1) is 11.7 Å². The molecule has 1 aromatic rings. The number of hydrogen-bond acceptors (Lipinski definition) is 2. The van der Waals surface area contributed by atoms with Crippen molar-refractivity contribution in [1.82, 2.24) is 0 Å². The Labute approximate surface area is 122 Å². The highest BCUT2D eigenvalue weighted by Gasteiger charge is 2.29. The first-order chi connectivity index (χ1) is 10.1. The zero-order valence-electron chi connectivity index (χ0n) is 11.6. The molecule has 1 aliphatic heterocycles. The minimum absolute atomic E-state index is 0.0173. The van der Waals surface area contributed by atoms with Crippen molar-refractivity contribution in [2.75, 3.05) is 16.8 Å². The molecule has 0 spiro atoms. The second-order valence-corrected chi connectivity index (χ2v) is 5.43. The van der Waals surface area contributed by atoms with Gasteiger partial charge in [0.05, 0.1) is 11.4 Å². The van der Waals surface area contributed by atoms with E-state index in [1.54, 1.807) is 11.0 Å². The van der Waals surface area contributed by atoms with Crippen LogP contribution in [0.15, 0.2) is 30.4 Å². The van der Waals surface area contributed by atoms with Gasteiger partial charge in [-0.15, -0.1) is 0 Å². The molecule has 4 nitrogen and oxygen atoms in total. The number of anilines is 2. The predicted molar refractivity (Wildman–Crippen MR) is 78.5 cm³/mol. The van der Waals surface area contributed by atoms with Crippen LogP contribution in [0.25, 0.3) is 0 Å². The van der Waals surface area contributed by atoms with Crippen molar-refractivity contribution >= 4 is 23.2 Å². The van der Waals surface area contributed by atoms with E-state index in [1.165, 1.54) is 12.1 Å². The fraction of sp³-hybridized carbons (Fsp3) is 0.375. The number of allylic oxidation sites excluding steroid dienone is 2. The van der Waals surface area contributed by atoms with Gasteiger partial charge in [-0.25, -0.2) is 4.39 Å². The van der Waals surface area contributed by atoms with Crippen LogP contribution in [0.3, 0.4) is 0 Å². The van der Waals surface area contributed by atoms with Crippen molar-refractivity contribution in [1.29, 1.82) is 0 Å². The van der Waals surface area contributed by atoms with Crippen LogP contribution < -0.4 is 10.2 Å². The Balaban J connectivity index is 1.93. The molecule has 1 heterocycles. The molecular weight excluding hydrogens is 271 g/mol. The quantitative estimate of drug-likeness (QED) is 0.808. The Hall–Kier alpha value is -2.17. The normalized spacial score (nSPS) is 21.5. The van der Waals surface area contributed by atoms with Gasteiger partial charge in [0, 0.05) is 18.9 Å². The van der Waals surface area contributed by atoms with Crippen molar-refractivity contribution in [2.45, 2.75) is 25.7 Å². The zero-order chi connectivity index (χ0) is 14.8. The molecule has 0 bridgehead atoms. The third-order valence-corrected chi connectivity index (χ3v) is 3.97. The molecule has 1 aromatic carbocycles. The lowest BCUT2D eigenvalue weighted by molar-refractivity contribution is -0.122. The number of benzene rings is 1. The summed E-state index contributed by atoms with van der Waals surface area (Å²) < 4.78 is 13.4. The topological polar surface area (TPSA) is 49.4 Å². The fourth-order valence-corrected chi connectivity index (χ4v) is 2.86. The van der Waals surface area contributed by atoms with Gasteiger partial charge in [-0.05, 0) is 37.5 Å². The lowest BCUT2D eigenvalue weighted by atomic mass is 9.93. The second kappa shape index (κ2) is 5.68. The average molecular weight is 288 g/mol. The van der Waals surface area contributed by atoms with E-state index >= 15 is 0 Å². The van der Waals surface area contributed by atoms with Gasteiger partial charge in [-0.2, -0.15) is 0 Å². The molecule has 0 radical (unpaired) electrons. The molecule has 0 fully saturated rings. The summed E-state index contributed by atoms with van der Waals surface area (Å²) in [6.45, 7) is 0.337. The molecule has 5 heteroatoms. The third-order valence-electron chi connectivity index (χ3n) is 3.97. The van der Waals surface area contributed by atoms with E-state index in [2.05, 4.69) is 11.4 Å². The highest BCUT2D eigenvalue weighted by atomic mass is 19.1. The molecule has 1 atom stereocenters. The van der Waals surface area contributed by atoms with E-state index in [0.29, 0.717) is 17.9 Å². The molecule has 0 saturated heterocycles. The summed E-state index contributed by atoms with van der Waals surface area (Å²) in [5.74, 6) is -0.658. The Morgan fingerprint density at radius 2 is 2.19 bits per heavy atom. The van der Waals surface area contributed by atoms with Gasteiger partial charge in [0.1, 0.15) is 5.82 Å². The van der Waals surface area contributed by atoms with Gasteiger partial charge in [-0.3, -0.25) is 9.59 Å². The smallest absolute Gasteiger partial charge is 0.230 e. The lowest BCUT2D eigenvalue weighted by Crippen LogP contribution is -2.37. The molecule has 21 heavy (non-hydrogen) atoms. The lowest BCUT2D eigenvalue weighted by Gasteiger charge is -2.27. The number of carbonyl (C=O) groups is 2. The highest BCUT2D eigenvalue weighted by Crippen LogP contribution is 2.32. The van der Waals surface area contributed by atoms with E-state index < -0.39 is 5.82 Å². The van der Waals surface area contributed by atoms with Gasteiger partial charge in [0.25, 0.3) is 0 Å². The van der Waals surface area contributed by atoms with Crippen LogP contribution in [0.1, 0.15) is 25.7 Å². The van der Waals surface area contributed by atoms with E-state index in [9.17, 15) is 14.0 Å². The largest absolute Gasteiger partial charge is 0.324 e. The molecule has 2 amide bonds. The van der Waals surface area contributed by atoms with E-state index in [4.69, 9.17) is 0 Å². The van der Waals surface area contributed by atoms with E-state index in [0.717, 1.165) is 19.3 Å². The first-order valence-corrected chi connectivity index (χ1v) is 7.21. The molecule has 1 N–H and O–H groups in total. The van der Waals surface area contributed by atoms with E-state index in [1.807, 2.05) is 6.08 Å². The summed E-state index contributed by atoms with van der Waals surface area (Å²) in [7, 11) is 0. The van der Waals surface area contributed by atoms with E-state index in [-0.39, 0.29) is 24.2 Å². The molecule has 3 rings (SSSR count). The zero-order valence-corrected chi connectivity index (χ0v) is 11.6. The monoisotopic (exact) mass is 288 g/mol. The summed E-state index contributed by atoms with van der Waals surface area (Å²) in [6.07, 6.45) is 6.79. The minimum Gasteiger partial charge on any atom is -0.324 e. The Morgan fingerprint density at radius 3 is 2.95 bits per heavy atom. The number of hydrogen-bond donors (Lipinski definition) is 1. The molecule has 110 valence electrons.